The van der Waals surface area contributed by atoms with Crippen molar-refractivity contribution in [1.82, 2.24) is 15.6 Å². The van der Waals surface area contributed by atoms with Gasteiger partial charge in [0.05, 0.1) is 0 Å². The molecule has 0 aliphatic heterocycles. The lowest BCUT2D eigenvalue weighted by molar-refractivity contribution is -0.127. The van der Waals surface area contributed by atoms with E-state index in [0.717, 1.165) is 10.9 Å². The molecule has 0 aliphatic carbocycles. The van der Waals surface area contributed by atoms with E-state index in [1.165, 1.54) is 26.1 Å². The van der Waals surface area contributed by atoms with Crippen LogP contribution < -0.4 is 10.6 Å². The molecule has 0 fully saturated rings. The van der Waals surface area contributed by atoms with Crippen molar-refractivity contribution in [3.05, 3.63) is 35.8 Å². The number of likely N-dealkylation sites (N-methyl/N-ethyl adjacent to an activating group) is 1. The monoisotopic (exact) mass is 277 g/mol. The highest BCUT2D eigenvalue weighted by Gasteiger charge is 2.20. The van der Waals surface area contributed by atoms with Crippen molar-refractivity contribution >= 4 is 22.7 Å². The SMILES string of the molecule is CNC(=O)C(Cc1c[nH]c2cc(F)ccc12)NC(C)=O. The Kier molecular flexibility index (Phi) is 4.02. The van der Waals surface area contributed by atoms with Crippen LogP contribution in [0.3, 0.4) is 0 Å². The molecular formula is C14H16FN3O2. The van der Waals surface area contributed by atoms with Crippen molar-refractivity contribution in [3.63, 3.8) is 0 Å². The maximum Gasteiger partial charge on any atom is 0.242 e. The van der Waals surface area contributed by atoms with Gasteiger partial charge in [-0.2, -0.15) is 0 Å². The summed E-state index contributed by atoms with van der Waals surface area (Å²) in [5, 5.41) is 5.96. The van der Waals surface area contributed by atoms with Gasteiger partial charge in [-0.15, -0.1) is 0 Å². The third-order valence-corrected chi connectivity index (χ3v) is 3.09. The number of rotatable bonds is 4. The van der Waals surface area contributed by atoms with Gasteiger partial charge >= 0.3 is 0 Å². The number of benzene rings is 1. The average molecular weight is 277 g/mol. The summed E-state index contributed by atoms with van der Waals surface area (Å²) in [5.41, 5.74) is 1.51. The summed E-state index contributed by atoms with van der Waals surface area (Å²) in [6.07, 6.45) is 2.06. The number of aromatic amines is 1. The Hall–Kier alpha value is -2.37. The second kappa shape index (κ2) is 5.73. The Morgan fingerprint density at radius 3 is 2.80 bits per heavy atom. The lowest BCUT2D eigenvalue weighted by atomic mass is 10.0. The van der Waals surface area contributed by atoms with Gasteiger partial charge in [0.2, 0.25) is 11.8 Å². The molecule has 0 saturated heterocycles. The largest absolute Gasteiger partial charge is 0.361 e. The predicted molar refractivity (Wildman–Crippen MR) is 73.6 cm³/mol. The normalized spacial score (nSPS) is 12.2. The molecule has 0 spiro atoms. The first kappa shape index (κ1) is 14.0. The minimum Gasteiger partial charge on any atom is -0.361 e. The van der Waals surface area contributed by atoms with Crippen molar-refractivity contribution in [3.8, 4) is 0 Å². The molecule has 2 amide bonds. The smallest absolute Gasteiger partial charge is 0.242 e. The van der Waals surface area contributed by atoms with Gasteiger partial charge < -0.3 is 15.6 Å². The highest BCUT2D eigenvalue weighted by Crippen LogP contribution is 2.20. The van der Waals surface area contributed by atoms with Crippen molar-refractivity contribution in [2.75, 3.05) is 7.05 Å². The van der Waals surface area contributed by atoms with Crippen LogP contribution in [0.15, 0.2) is 24.4 Å². The van der Waals surface area contributed by atoms with Crippen LogP contribution >= 0.6 is 0 Å². The molecule has 2 aromatic rings. The van der Waals surface area contributed by atoms with E-state index >= 15 is 0 Å². The zero-order valence-corrected chi connectivity index (χ0v) is 11.3. The number of amides is 2. The van der Waals surface area contributed by atoms with Crippen LogP contribution in [0.4, 0.5) is 4.39 Å². The van der Waals surface area contributed by atoms with E-state index in [2.05, 4.69) is 15.6 Å². The van der Waals surface area contributed by atoms with Crippen molar-refractivity contribution < 1.29 is 14.0 Å². The molecule has 0 saturated carbocycles. The van der Waals surface area contributed by atoms with E-state index in [9.17, 15) is 14.0 Å². The minimum atomic E-state index is -0.651. The standard InChI is InChI=1S/C14H16FN3O2/c1-8(19)18-13(14(20)16-2)5-9-7-17-12-6-10(15)3-4-11(9)12/h3-4,6-7,13,17H,5H2,1-2H3,(H,16,20)(H,18,19). The Balaban J connectivity index is 2.28. The fourth-order valence-electron chi connectivity index (χ4n) is 2.18. The van der Waals surface area contributed by atoms with Gasteiger partial charge in [-0.1, -0.05) is 0 Å². The Morgan fingerprint density at radius 2 is 2.15 bits per heavy atom. The molecule has 0 aliphatic rings. The summed E-state index contributed by atoms with van der Waals surface area (Å²) >= 11 is 0. The highest BCUT2D eigenvalue weighted by molar-refractivity contribution is 5.88. The first-order valence-electron chi connectivity index (χ1n) is 6.25. The predicted octanol–water partition coefficient (Wildman–Crippen LogP) is 1.10. The van der Waals surface area contributed by atoms with Crippen LogP contribution in [-0.4, -0.2) is 29.9 Å². The van der Waals surface area contributed by atoms with Gasteiger partial charge in [-0.3, -0.25) is 9.59 Å². The number of carbonyl (C=O) groups excluding carboxylic acids is 2. The molecule has 1 heterocycles. The Morgan fingerprint density at radius 1 is 1.40 bits per heavy atom. The first-order valence-corrected chi connectivity index (χ1v) is 6.25. The van der Waals surface area contributed by atoms with Crippen LogP contribution in [0.2, 0.25) is 0 Å². The molecule has 0 radical (unpaired) electrons. The first-order chi connectivity index (χ1) is 9.51. The fraction of sp³-hybridized carbons (Fsp3) is 0.286. The zero-order chi connectivity index (χ0) is 14.7. The van der Waals surface area contributed by atoms with Crippen LogP contribution in [0.25, 0.3) is 10.9 Å². The van der Waals surface area contributed by atoms with Crippen molar-refractivity contribution in [1.29, 1.82) is 0 Å². The molecule has 0 bridgehead atoms. The molecule has 1 aromatic carbocycles. The number of hydrogen-bond acceptors (Lipinski definition) is 2. The maximum absolute atomic E-state index is 13.1. The summed E-state index contributed by atoms with van der Waals surface area (Å²) in [6, 6.07) is 3.77. The van der Waals surface area contributed by atoms with Gasteiger partial charge in [-0.05, 0) is 23.8 Å². The van der Waals surface area contributed by atoms with E-state index in [4.69, 9.17) is 0 Å². The molecule has 6 heteroatoms. The van der Waals surface area contributed by atoms with E-state index < -0.39 is 6.04 Å². The quantitative estimate of drug-likeness (QED) is 0.783. The number of fused-ring (bicyclic) bond motifs is 1. The molecule has 1 atom stereocenters. The zero-order valence-electron chi connectivity index (χ0n) is 11.3. The van der Waals surface area contributed by atoms with E-state index in [0.29, 0.717) is 11.9 Å². The number of carbonyl (C=O) groups is 2. The Bertz CT molecular complexity index is 651. The van der Waals surface area contributed by atoms with E-state index in [1.807, 2.05) is 0 Å². The molecule has 106 valence electrons. The second-order valence-electron chi connectivity index (χ2n) is 4.58. The van der Waals surface area contributed by atoms with E-state index in [1.54, 1.807) is 12.3 Å². The van der Waals surface area contributed by atoms with Gasteiger partial charge in [0.15, 0.2) is 0 Å². The summed E-state index contributed by atoms with van der Waals surface area (Å²) in [7, 11) is 1.52. The van der Waals surface area contributed by atoms with Gasteiger partial charge in [-0.25, -0.2) is 4.39 Å². The molecule has 3 N–H and O–H groups in total. The number of hydrogen-bond donors (Lipinski definition) is 3. The molecule has 5 nitrogen and oxygen atoms in total. The molecule has 1 aromatic heterocycles. The van der Waals surface area contributed by atoms with Crippen LogP contribution in [-0.2, 0) is 16.0 Å². The average Bonchev–Trinajstić information content (AvgIpc) is 2.78. The lowest BCUT2D eigenvalue weighted by Crippen LogP contribution is -2.46. The molecule has 2 rings (SSSR count). The maximum atomic E-state index is 13.1. The van der Waals surface area contributed by atoms with Crippen LogP contribution in [0.1, 0.15) is 12.5 Å². The molecule has 1 unspecified atom stereocenters. The van der Waals surface area contributed by atoms with Gasteiger partial charge in [0.1, 0.15) is 11.9 Å². The molecule has 20 heavy (non-hydrogen) atoms. The van der Waals surface area contributed by atoms with E-state index in [-0.39, 0.29) is 17.6 Å². The fourth-order valence-corrected chi connectivity index (χ4v) is 2.18. The van der Waals surface area contributed by atoms with Crippen LogP contribution in [0.5, 0.6) is 0 Å². The number of aromatic nitrogens is 1. The second-order valence-corrected chi connectivity index (χ2v) is 4.58. The summed E-state index contributed by atoms with van der Waals surface area (Å²) in [6.45, 7) is 1.36. The summed E-state index contributed by atoms with van der Waals surface area (Å²) < 4.78 is 13.1. The Labute approximate surface area is 115 Å². The van der Waals surface area contributed by atoms with Gasteiger partial charge in [0, 0.05) is 37.5 Å². The lowest BCUT2D eigenvalue weighted by Gasteiger charge is -2.15. The summed E-state index contributed by atoms with van der Waals surface area (Å²) in [5.74, 6) is -0.864. The van der Waals surface area contributed by atoms with Crippen molar-refractivity contribution in [2.24, 2.45) is 0 Å². The summed E-state index contributed by atoms with van der Waals surface area (Å²) in [4.78, 5) is 25.9. The van der Waals surface area contributed by atoms with Crippen molar-refractivity contribution in [2.45, 2.75) is 19.4 Å². The van der Waals surface area contributed by atoms with Gasteiger partial charge in [0.25, 0.3) is 0 Å². The highest BCUT2D eigenvalue weighted by atomic mass is 19.1. The molecular weight excluding hydrogens is 261 g/mol. The third kappa shape index (κ3) is 2.96. The number of nitrogens with one attached hydrogen (secondary N) is 3. The number of H-pyrrole nitrogens is 1. The minimum absolute atomic E-state index is 0.267. The third-order valence-electron chi connectivity index (χ3n) is 3.09. The topological polar surface area (TPSA) is 74.0 Å². The number of halogens is 1. The van der Waals surface area contributed by atoms with Crippen LogP contribution in [0, 0.1) is 5.82 Å².